The first-order valence-electron chi connectivity index (χ1n) is 6.52. The van der Waals surface area contributed by atoms with Crippen molar-refractivity contribution in [2.45, 2.75) is 45.6 Å². The third-order valence-electron chi connectivity index (χ3n) is 3.50. The summed E-state index contributed by atoms with van der Waals surface area (Å²) in [6.45, 7) is 10.5. The molecule has 1 fully saturated rings. The number of nitriles is 1. The van der Waals surface area contributed by atoms with Gasteiger partial charge >= 0.3 is 0 Å². The molecule has 0 aromatic carbocycles. The Kier molecular flexibility index (Phi) is 5.24. The van der Waals surface area contributed by atoms with Crippen LogP contribution in [0.4, 0.5) is 0 Å². The zero-order valence-corrected chi connectivity index (χ0v) is 10.9. The van der Waals surface area contributed by atoms with Gasteiger partial charge in [0.15, 0.2) is 0 Å². The average molecular weight is 223 g/mol. The molecular formula is C13H25N3. The van der Waals surface area contributed by atoms with Crippen LogP contribution in [0.1, 0.15) is 40.0 Å². The van der Waals surface area contributed by atoms with Crippen LogP contribution in [-0.2, 0) is 0 Å². The Morgan fingerprint density at radius 2 is 2.25 bits per heavy atom. The summed E-state index contributed by atoms with van der Waals surface area (Å²) < 4.78 is 0. The lowest BCUT2D eigenvalue weighted by molar-refractivity contribution is 0.253. The lowest BCUT2D eigenvalue weighted by Gasteiger charge is -2.28. The van der Waals surface area contributed by atoms with Crippen molar-refractivity contribution in [3.63, 3.8) is 0 Å². The summed E-state index contributed by atoms with van der Waals surface area (Å²) in [6.07, 6.45) is 3.64. The highest BCUT2D eigenvalue weighted by atomic mass is 15.2. The zero-order chi connectivity index (χ0) is 12.0. The average Bonchev–Trinajstić information content (AvgIpc) is 2.74. The topological polar surface area (TPSA) is 39.1 Å². The van der Waals surface area contributed by atoms with E-state index < -0.39 is 0 Å². The van der Waals surface area contributed by atoms with Crippen LogP contribution in [0, 0.1) is 17.2 Å². The van der Waals surface area contributed by atoms with E-state index in [2.05, 4.69) is 30.1 Å². The van der Waals surface area contributed by atoms with E-state index in [1.807, 2.05) is 6.92 Å². The third kappa shape index (κ3) is 3.77. The largest absolute Gasteiger partial charge is 0.300 e. The van der Waals surface area contributed by atoms with Gasteiger partial charge in [0.25, 0.3) is 0 Å². The highest BCUT2D eigenvalue weighted by Gasteiger charge is 2.29. The Morgan fingerprint density at radius 1 is 1.50 bits per heavy atom. The van der Waals surface area contributed by atoms with Crippen LogP contribution in [-0.4, -0.2) is 36.6 Å². The molecule has 2 atom stereocenters. The lowest BCUT2D eigenvalue weighted by atomic mass is 10.0. The zero-order valence-electron chi connectivity index (χ0n) is 10.9. The van der Waals surface area contributed by atoms with Crippen LogP contribution in [0.15, 0.2) is 0 Å². The van der Waals surface area contributed by atoms with Crippen molar-refractivity contribution in [1.29, 1.82) is 5.26 Å². The predicted molar refractivity (Wildman–Crippen MR) is 67.1 cm³/mol. The van der Waals surface area contributed by atoms with Gasteiger partial charge in [-0.15, -0.1) is 0 Å². The van der Waals surface area contributed by atoms with E-state index in [0.29, 0.717) is 0 Å². The fourth-order valence-corrected chi connectivity index (χ4v) is 2.37. The Labute approximate surface area is 99.8 Å². The van der Waals surface area contributed by atoms with Crippen LogP contribution in [0.2, 0.25) is 0 Å². The van der Waals surface area contributed by atoms with E-state index in [1.165, 1.54) is 19.4 Å². The van der Waals surface area contributed by atoms with Gasteiger partial charge in [-0.3, -0.25) is 5.32 Å². The minimum absolute atomic E-state index is 0.376. The normalized spacial score (nSPS) is 25.2. The van der Waals surface area contributed by atoms with E-state index in [9.17, 15) is 5.26 Å². The second-order valence-corrected chi connectivity index (χ2v) is 5.17. The van der Waals surface area contributed by atoms with E-state index in [-0.39, 0.29) is 5.54 Å². The van der Waals surface area contributed by atoms with Crippen LogP contribution in [0.3, 0.4) is 0 Å². The first-order chi connectivity index (χ1) is 7.63. The summed E-state index contributed by atoms with van der Waals surface area (Å²) in [5.41, 5.74) is -0.376. The molecule has 0 amide bonds. The second kappa shape index (κ2) is 6.22. The standard InChI is InChI=1S/C13H25N3/c1-4-7-15-13(3,10-14)11-16-8-6-12(5-2)9-16/h12,15H,4-9,11H2,1-3H3. The monoisotopic (exact) mass is 223 g/mol. The number of likely N-dealkylation sites (tertiary alicyclic amines) is 1. The van der Waals surface area contributed by atoms with Gasteiger partial charge in [0.05, 0.1) is 6.07 Å². The molecule has 0 aliphatic carbocycles. The number of rotatable bonds is 6. The fourth-order valence-electron chi connectivity index (χ4n) is 2.37. The molecule has 0 aromatic heterocycles. The molecule has 0 spiro atoms. The van der Waals surface area contributed by atoms with Crippen molar-refractivity contribution in [3.05, 3.63) is 0 Å². The van der Waals surface area contributed by atoms with E-state index >= 15 is 0 Å². The van der Waals surface area contributed by atoms with Gasteiger partial charge in [-0.25, -0.2) is 0 Å². The van der Waals surface area contributed by atoms with Gasteiger partial charge in [0.1, 0.15) is 5.54 Å². The highest BCUT2D eigenvalue weighted by molar-refractivity contribution is 5.06. The minimum atomic E-state index is -0.376. The van der Waals surface area contributed by atoms with Crippen molar-refractivity contribution in [2.75, 3.05) is 26.2 Å². The van der Waals surface area contributed by atoms with Crippen molar-refractivity contribution >= 4 is 0 Å². The fraction of sp³-hybridized carbons (Fsp3) is 0.923. The first kappa shape index (κ1) is 13.5. The summed E-state index contributed by atoms with van der Waals surface area (Å²) >= 11 is 0. The second-order valence-electron chi connectivity index (χ2n) is 5.17. The molecule has 1 aliphatic heterocycles. The number of hydrogen-bond acceptors (Lipinski definition) is 3. The molecule has 0 saturated carbocycles. The Morgan fingerprint density at radius 3 is 2.75 bits per heavy atom. The van der Waals surface area contributed by atoms with Crippen molar-refractivity contribution in [3.8, 4) is 6.07 Å². The first-order valence-corrected chi connectivity index (χ1v) is 6.52. The van der Waals surface area contributed by atoms with Crippen molar-refractivity contribution < 1.29 is 0 Å². The molecule has 2 unspecified atom stereocenters. The molecule has 3 nitrogen and oxygen atoms in total. The molecule has 0 aromatic rings. The molecule has 1 rings (SSSR count). The van der Waals surface area contributed by atoms with E-state index in [1.54, 1.807) is 0 Å². The number of nitrogens with one attached hydrogen (secondary N) is 1. The molecule has 1 heterocycles. The maximum atomic E-state index is 9.26. The van der Waals surface area contributed by atoms with Crippen LogP contribution >= 0.6 is 0 Å². The summed E-state index contributed by atoms with van der Waals surface area (Å²) in [5.74, 6) is 0.842. The highest BCUT2D eigenvalue weighted by Crippen LogP contribution is 2.20. The van der Waals surface area contributed by atoms with Crippen LogP contribution in [0.5, 0.6) is 0 Å². The lowest BCUT2D eigenvalue weighted by Crippen LogP contribution is -2.50. The Bertz CT molecular complexity index is 246. The van der Waals surface area contributed by atoms with Gasteiger partial charge in [0, 0.05) is 13.1 Å². The van der Waals surface area contributed by atoms with Gasteiger partial charge in [-0.2, -0.15) is 5.26 Å². The summed E-state index contributed by atoms with van der Waals surface area (Å²) in [6, 6.07) is 2.42. The van der Waals surface area contributed by atoms with Crippen molar-refractivity contribution in [2.24, 2.45) is 5.92 Å². The molecular weight excluding hydrogens is 198 g/mol. The summed E-state index contributed by atoms with van der Waals surface area (Å²) in [4.78, 5) is 2.43. The van der Waals surface area contributed by atoms with Gasteiger partial charge in [-0.05, 0) is 38.8 Å². The molecule has 0 radical (unpaired) electrons. The molecule has 0 bridgehead atoms. The summed E-state index contributed by atoms with van der Waals surface area (Å²) in [7, 11) is 0. The Balaban J connectivity index is 2.42. The summed E-state index contributed by atoms with van der Waals surface area (Å²) in [5, 5.41) is 12.6. The van der Waals surface area contributed by atoms with E-state index in [0.717, 1.165) is 32.0 Å². The quantitative estimate of drug-likeness (QED) is 0.748. The van der Waals surface area contributed by atoms with E-state index in [4.69, 9.17) is 0 Å². The predicted octanol–water partition coefficient (Wildman–Crippen LogP) is 2.00. The molecule has 16 heavy (non-hydrogen) atoms. The maximum absolute atomic E-state index is 9.26. The molecule has 1 aliphatic rings. The minimum Gasteiger partial charge on any atom is -0.300 e. The molecule has 92 valence electrons. The molecule has 1 N–H and O–H groups in total. The maximum Gasteiger partial charge on any atom is 0.116 e. The number of hydrogen-bond donors (Lipinski definition) is 1. The van der Waals surface area contributed by atoms with Gasteiger partial charge in [0.2, 0.25) is 0 Å². The SMILES string of the molecule is CCCNC(C)(C#N)CN1CCC(CC)C1. The smallest absolute Gasteiger partial charge is 0.116 e. The van der Waals surface area contributed by atoms with Gasteiger partial charge in [-0.1, -0.05) is 20.3 Å². The van der Waals surface area contributed by atoms with Crippen LogP contribution < -0.4 is 5.32 Å². The van der Waals surface area contributed by atoms with Crippen molar-refractivity contribution in [1.82, 2.24) is 10.2 Å². The molecule has 3 heteroatoms. The van der Waals surface area contributed by atoms with Gasteiger partial charge < -0.3 is 4.90 Å². The third-order valence-corrected chi connectivity index (χ3v) is 3.50. The Hall–Kier alpha value is -0.590. The molecule has 1 saturated heterocycles. The van der Waals surface area contributed by atoms with Crippen LogP contribution in [0.25, 0.3) is 0 Å². The number of nitrogens with zero attached hydrogens (tertiary/aromatic N) is 2.